The molecule has 6 nitrogen and oxygen atoms in total. The minimum Gasteiger partial charge on any atom is -0.494 e. The number of rotatable bonds is 7. The van der Waals surface area contributed by atoms with E-state index < -0.39 is 0 Å². The predicted molar refractivity (Wildman–Crippen MR) is 147 cm³/mol. The summed E-state index contributed by atoms with van der Waals surface area (Å²) in [5.41, 5.74) is 3.64. The first kappa shape index (κ1) is 24.4. The van der Waals surface area contributed by atoms with Crippen LogP contribution in [-0.4, -0.2) is 45.5 Å². The number of amides is 1. The molecule has 1 amide bonds. The number of piperidine rings is 1. The van der Waals surface area contributed by atoms with Crippen LogP contribution in [0.3, 0.4) is 0 Å². The van der Waals surface area contributed by atoms with E-state index in [4.69, 9.17) is 9.84 Å². The van der Waals surface area contributed by atoms with E-state index in [2.05, 4.69) is 23.7 Å². The lowest BCUT2D eigenvalue weighted by molar-refractivity contribution is -0.113. The highest BCUT2D eigenvalue weighted by Crippen LogP contribution is 2.34. The monoisotopic (exact) mass is 500 g/mol. The average molecular weight is 501 g/mol. The number of carbonyl (C=O) groups excluding carboxylic acids is 1. The fourth-order valence-corrected chi connectivity index (χ4v) is 5.27. The fourth-order valence-electron chi connectivity index (χ4n) is 4.31. The van der Waals surface area contributed by atoms with E-state index in [1.54, 1.807) is 0 Å². The number of hydrogen-bond acceptors (Lipinski definition) is 5. The van der Waals surface area contributed by atoms with Crippen LogP contribution >= 0.6 is 11.8 Å². The highest BCUT2D eigenvalue weighted by Gasteiger charge is 2.27. The predicted octanol–water partition coefficient (Wildman–Crippen LogP) is 6.42. The van der Waals surface area contributed by atoms with Crippen LogP contribution in [-0.2, 0) is 4.79 Å². The Morgan fingerprint density at radius 3 is 2.50 bits per heavy atom. The molecule has 1 aromatic heterocycles. The fraction of sp³-hybridized carbons (Fsp3) is 0.345. The average Bonchev–Trinajstić information content (AvgIpc) is 3.49. The number of benzene rings is 2. The first-order valence-corrected chi connectivity index (χ1v) is 13.5. The summed E-state index contributed by atoms with van der Waals surface area (Å²) in [6, 6.07) is 18.1. The number of carbonyl (C=O) groups is 1. The van der Waals surface area contributed by atoms with Gasteiger partial charge in [0.25, 0.3) is 5.91 Å². The van der Waals surface area contributed by atoms with E-state index in [-0.39, 0.29) is 5.91 Å². The summed E-state index contributed by atoms with van der Waals surface area (Å²) in [6.45, 7) is 7.03. The summed E-state index contributed by atoms with van der Waals surface area (Å²) in [7, 11) is 0. The highest BCUT2D eigenvalue weighted by atomic mass is 32.2. The van der Waals surface area contributed by atoms with Crippen LogP contribution in [0.5, 0.6) is 5.75 Å². The lowest BCUT2D eigenvalue weighted by atomic mass is 10.1. The standard InChI is InChI=1S/C29H32N4O2S/c1-21(2)15-18-35-25-13-11-22(12-14-25)27-23(20-33(31-27)24-9-5-3-6-10-24)19-26-28(34)30-29(36-26)32-16-7-4-8-17-32/h3,5-6,9-14,19-21H,4,7-8,15-18H2,1-2H3/b26-19+. The molecule has 2 aromatic carbocycles. The Bertz CT molecular complexity index is 1260. The molecule has 36 heavy (non-hydrogen) atoms. The third-order valence-corrected chi connectivity index (χ3v) is 7.42. The van der Waals surface area contributed by atoms with Crippen molar-refractivity contribution < 1.29 is 9.53 Å². The first-order chi connectivity index (χ1) is 17.6. The Labute approximate surface area is 217 Å². The second-order valence-corrected chi connectivity index (χ2v) is 10.6. The van der Waals surface area contributed by atoms with Gasteiger partial charge >= 0.3 is 0 Å². The molecule has 0 N–H and O–H groups in total. The van der Waals surface area contributed by atoms with Crippen molar-refractivity contribution in [3.63, 3.8) is 0 Å². The van der Waals surface area contributed by atoms with Crippen molar-refractivity contribution >= 4 is 28.9 Å². The van der Waals surface area contributed by atoms with E-state index in [1.165, 1.54) is 18.2 Å². The number of para-hydroxylation sites is 1. The van der Waals surface area contributed by atoms with Gasteiger partial charge in [0.15, 0.2) is 5.17 Å². The Balaban J connectivity index is 1.43. The maximum atomic E-state index is 12.8. The summed E-state index contributed by atoms with van der Waals surface area (Å²) < 4.78 is 7.76. The van der Waals surface area contributed by atoms with Crippen LogP contribution in [0.1, 0.15) is 45.1 Å². The molecule has 0 unspecified atom stereocenters. The summed E-state index contributed by atoms with van der Waals surface area (Å²) in [4.78, 5) is 20.0. The van der Waals surface area contributed by atoms with E-state index in [0.717, 1.165) is 65.8 Å². The zero-order valence-electron chi connectivity index (χ0n) is 20.9. The first-order valence-electron chi connectivity index (χ1n) is 12.7. The maximum Gasteiger partial charge on any atom is 0.286 e. The van der Waals surface area contributed by atoms with Gasteiger partial charge in [-0.3, -0.25) is 4.79 Å². The summed E-state index contributed by atoms with van der Waals surface area (Å²) in [6.07, 6.45) is 8.48. The molecule has 0 spiro atoms. The van der Waals surface area contributed by atoms with Gasteiger partial charge in [-0.25, -0.2) is 4.68 Å². The smallest absolute Gasteiger partial charge is 0.286 e. The van der Waals surface area contributed by atoms with Gasteiger partial charge in [0, 0.05) is 30.4 Å². The number of aliphatic imine (C=N–C) groups is 1. The lowest BCUT2D eigenvalue weighted by Crippen LogP contribution is -2.33. The molecule has 3 aromatic rings. The SMILES string of the molecule is CC(C)CCOc1ccc(-c2nn(-c3ccccc3)cc2/C=C2/SC(N3CCCCC3)=NC2=O)cc1. The van der Waals surface area contributed by atoms with Gasteiger partial charge in [0.1, 0.15) is 5.75 Å². The van der Waals surface area contributed by atoms with Gasteiger partial charge < -0.3 is 9.64 Å². The van der Waals surface area contributed by atoms with Gasteiger partial charge in [-0.05, 0) is 85.8 Å². The van der Waals surface area contributed by atoms with Crippen molar-refractivity contribution in [1.82, 2.24) is 14.7 Å². The molecule has 2 aliphatic heterocycles. The normalized spacial score (nSPS) is 17.2. The largest absolute Gasteiger partial charge is 0.494 e. The maximum absolute atomic E-state index is 12.8. The summed E-state index contributed by atoms with van der Waals surface area (Å²) >= 11 is 1.47. The molecule has 5 rings (SSSR count). The van der Waals surface area contributed by atoms with Crippen LogP contribution in [0, 0.1) is 5.92 Å². The molecule has 0 radical (unpaired) electrons. The van der Waals surface area contributed by atoms with Crippen molar-refractivity contribution in [3.8, 4) is 22.7 Å². The third-order valence-electron chi connectivity index (χ3n) is 6.38. The van der Waals surface area contributed by atoms with Gasteiger partial charge in [-0.2, -0.15) is 10.1 Å². The molecular weight excluding hydrogens is 468 g/mol. The number of amidine groups is 1. The molecule has 7 heteroatoms. The minimum absolute atomic E-state index is 0.173. The van der Waals surface area contributed by atoms with Gasteiger partial charge in [0.05, 0.1) is 22.9 Å². The van der Waals surface area contributed by atoms with E-state index in [0.29, 0.717) is 17.4 Å². The Hall–Kier alpha value is -3.32. The highest BCUT2D eigenvalue weighted by molar-refractivity contribution is 8.18. The van der Waals surface area contributed by atoms with Gasteiger partial charge in [0.2, 0.25) is 0 Å². The van der Waals surface area contributed by atoms with Crippen molar-refractivity contribution in [2.45, 2.75) is 39.5 Å². The van der Waals surface area contributed by atoms with Crippen LogP contribution in [0.25, 0.3) is 23.0 Å². The number of aromatic nitrogens is 2. The van der Waals surface area contributed by atoms with Crippen LogP contribution in [0.2, 0.25) is 0 Å². The Morgan fingerprint density at radius 1 is 1.03 bits per heavy atom. The second kappa shape index (κ2) is 11.2. The number of ether oxygens (including phenoxy) is 1. The summed E-state index contributed by atoms with van der Waals surface area (Å²) in [5.74, 6) is 1.29. The molecule has 186 valence electrons. The number of nitrogens with zero attached hydrogens (tertiary/aromatic N) is 4. The van der Waals surface area contributed by atoms with Crippen molar-refractivity contribution in [3.05, 3.63) is 71.3 Å². The second-order valence-electron chi connectivity index (χ2n) is 9.63. The lowest BCUT2D eigenvalue weighted by Gasteiger charge is -2.27. The Morgan fingerprint density at radius 2 is 1.78 bits per heavy atom. The molecule has 3 heterocycles. The van der Waals surface area contributed by atoms with Crippen LogP contribution in [0.4, 0.5) is 0 Å². The van der Waals surface area contributed by atoms with Crippen molar-refractivity contribution in [2.75, 3.05) is 19.7 Å². The molecule has 0 bridgehead atoms. The van der Waals surface area contributed by atoms with Gasteiger partial charge in [-0.15, -0.1) is 0 Å². The molecule has 1 saturated heterocycles. The quantitative estimate of drug-likeness (QED) is 0.350. The minimum atomic E-state index is -0.173. The zero-order valence-corrected chi connectivity index (χ0v) is 21.7. The van der Waals surface area contributed by atoms with E-state index >= 15 is 0 Å². The number of likely N-dealkylation sites (tertiary alicyclic amines) is 1. The van der Waals surface area contributed by atoms with Crippen LogP contribution < -0.4 is 4.74 Å². The number of hydrogen-bond donors (Lipinski definition) is 0. The molecule has 0 atom stereocenters. The molecular formula is C29H32N4O2S. The molecule has 1 fully saturated rings. The molecule has 0 saturated carbocycles. The molecule has 2 aliphatic rings. The third kappa shape index (κ3) is 5.73. The topological polar surface area (TPSA) is 59.7 Å². The van der Waals surface area contributed by atoms with Gasteiger partial charge in [-0.1, -0.05) is 32.0 Å². The van der Waals surface area contributed by atoms with E-state index in [1.807, 2.05) is 71.6 Å². The van der Waals surface area contributed by atoms with Crippen LogP contribution in [0.15, 0.2) is 70.7 Å². The zero-order chi connectivity index (χ0) is 24.9. The Kier molecular flexibility index (Phi) is 7.56. The molecule has 0 aliphatic carbocycles. The van der Waals surface area contributed by atoms with Crippen molar-refractivity contribution in [1.29, 1.82) is 0 Å². The van der Waals surface area contributed by atoms with Crippen molar-refractivity contribution in [2.24, 2.45) is 10.9 Å². The summed E-state index contributed by atoms with van der Waals surface area (Å²) in [5, 5.41) is 5.73. The van der Waals surface area contributed by atoms with E-state index in [9.17, 15) is 4.79 Å². The number of thioether (sulfide) groups is 1.